The Bertz CT molecular complexity index is 793. The van der Waals surface area contributed by atoms with E-state index in [0.29, 0.717) is 11.3 Å². The number of rotatable bonds is 5. The number of hydrogen-bond donors (Lipinski definition) is 2. The van der Waals surface area contributed by atoms with Crippen LogP contribution in [0.2, 0.25) is 0 Å². The van der Waals surface area contributed by atoms with Gasteiger partial charge in [-0.2, -0.15) is 5.10 Å². The van der Waals surface area contributed by atoms with Gasteiger partial charge in [-0.3, -0.25) is 9.40 Å². The number of carbonyl (C=O) groups is 1. The standard InChI is InChI=1S/C13H13N3O4S/c1-16-9-12(8-14-16)21(19,20)15-11-4-2-3-10(7-11)5-6-13(17)18/h2-9,15H,1H3,(H,17,18). The van der Waals surface area contributed by atoms with Crippen molar-refractivity contribution in [2.45, 2.75) is 4.90 Å². The van der Waals surface area contributed by atoms with Gasteiger partial charge in [-0.25, -0.2) is 13.2 Å². The van der Waals surface area contributed by atoms with Crippen molar-refractivity contribution in [3.05, 3.63) is 48.3 Å². The maximum absolute atomic E-state index is 12.1. The van der Waals surface area contributed by atoms with Crippen molar-refractivity contribution in [3.63, 3.8) is 0 Å². The maximum Gasteiger partial charge on any atom is 0.328 e. The van der Waals surface area contributed by atoms with Crippen LogP contribution < -0.4 is 4.72 Å². The highest BCUT2D eigenvalue weighted by molar-refractivity contribution is 7.92. The molecule has 1 heterocycles. The molecule has 0 aliphatic rings. The van der Waals surface area contributed by atoms with Gasteiger partial charge in [0.2, 0.25) is 0 Å². The molecule has 110 valence electrons. The van der Waals surface area contributed by atoms with Gasteiger partial charge >= 0.3 is 5.97 Å². The molecule has 0 unspecified atom stereocenters. The smallest absolute Gasteiger partial charge is 0.328 e. The number of nitrogens with one attached hydrogen (secondary N) is 1. The van der Waals surface area contributed by atoms with Crippen molar-refractivity contribution in [1.29, 1.82) is 0 Å². The number of aryl methyl sites for hydroxylation is 1. The van der Waals surface area contributed by atoms with Gasteiger partial charge in [-0.05, 0) is 23.8 Å². The van der Waals surface area contributed by atoms with Gasteiger partial charge in [0.1, 0.15) is 4.90 Å². The SMILES string of the molecule is Cn1cc(S(=O)(=O)Nc2cccc(C=CC(=O)O)c2)cn1. The van der Waals surface area contributed by atoms with Gasteiger partial charge in [-0.1, -0.05) is 12.1 Å². The van der Waals surface area contributed by atoms with E-state index < -0.39 is 16.0 Å². The Morgan fingerprint density at radius 1 is 1.43 bits per heavy atom. The zero-order chi connectivity index (χ0) is 15.5. The van der Waals surface area contributed by atoms with Gasteiger partial charge in [0.15, 0.2) is 0 Å². The monoisotopic (exact) mass is 307 g/mol. The highest BCUT2D eigenvalue weighted by atomic mass is 32.2. The van der Waals surface area contributed by atoms with Crippen molar-refractivity contribution in [2.75, 3.05) is 4.72 Å². The van der Waals surface area contributed by atoms with Crippen molar-refractivity contribution < 1.29 is 18.3 Å². The van der Waals surface area contributed by atoms with Crippen LogP contribution in [0.1, 0.15) is 5.56 Å². The molecule has 0 saturated carbocycles. The Balaban J connectivity index is 2.23. The molecule has 0 bridgehead atoms. The molecule has 0 saturated heterocycles. The minimum absolute atomic E-state index is 0.0523. The number of hydrogen-bond acceptors (Lipinski definition) is 4. The number of carboxylic acids is 1. The lowest BCUT2D eigenvalue weighted by molar-refractivity contribution is -0.131. The molecule has 8 heteroatoms. The van der Waals surface area contributed by atoms with E-state index in [1.165, 1.54) is 29.2 Å². The van der Waals surface area contributed by atoms with Crippen molar-refractivity contribution in [2.24, 2.45) is 7.05 Å². The molecule has 0 spiro atoms. The number of nitrogens with zero attached hydrogens (tertiary/aromatic N) is 2. The number of benzene rings is 1. The summed E-state index contributed by atoms with van der Waals surface area (Å²) < 4.78 is 28.0. The molecule has 0 amide bonds. The molecule has 0 fully saturated rings. The predicted octanol–water partition coefficient (Wildman–Crippen LogP) is 1.32. The molecule has 2 aromatic rings. The van der Waals surface area contributed by atoms with E-state index in [1.54, 1.807) is 25.2 Å². The predicted molar refractivity (Wildman–Crippen MR) is 77.1 cm³/mol. The zero-order valence-electron chi connectivity index (χ0n) is 11.1. The van der Waals surface area contributed by atoms with Gasteiger partial charge < -0.3 is 5.11 Å². The molecule has 1 aromatic carbocycles. The first kappa shape index (κ1) is 14.8. The Morgan fingerprint density at radius 2 is 2.19 bits per heavy atom. The van der Waals surface area contributed by atoms with Crippen LogP contribution in [0.4, 0.5) is 5.69 Å². The second-order valence-corrected chi connectivity index (χ2v) is 5.93. The van der Waals surface area contributed by atoms with E-state index in [4.69, 9.17) is 5.11 Å². The molecule has 21 heavy (non-hydrogen) atoms. The number of anilines is 1. The summed E-state index contributed by atoms with van der Waals surface area (Å²) in [6.45, 7) is 0. The van der Waals surface area contributed by atoms with Crippen molar-refractivity contribution >= 4 is 27.8 Å². The molecule has 1 aromatic heterocycles. The van der Waals surface area contributed by atoms with E-state index in [-0.39, 0.29) is 4.90 Å². The van der Waals surface area contributed by atoms with E-state index in [1.807, 2.05) is 0 Å². The lowest BCUT2D eigenvalue weighted by Gasteiger charge is -2.06. The van der Waals surface area contributed by atoms with Gasteiger partial charge in [0, 0.05) is 25.0 Å². The number of carboxylic acid groups (broad SMARTS) is 1. The largest absolute Gasteiger partial charge is 0.478 e. The summed E-state index contributed by atoms with van der Waals surface area (Å²) in [5.74, 6) is -1.07. The zero-order valence-corrected chi connectivity index (χ0v) is 11.9. The van der Waals surface area contributed by atoms with Crippen molar-refractivity contribution in [3.8, 4) is 0 Å². The fourth-order valence-corrected chi connectivity index (χ4v) is 2.66. The highest BCUT2D eigenvalue weighted by Gasteiger charge is 2.16. The van der Waals surface area contributed by atoms with Crippen LogP contribution in [-0.4, -0.2) is 29.3 Å². The van der Waals surface area contributed by atoms with Crippen LogP contribution in [0, 0.1) is 0 Å². The minimum atomic E-state index is -3.71. The van der Waals surface area contributed by atoms with Crippen LogP contribution in [-0.2, 0) is 21.9 Å². The van der Waals surface area contributed by atoms with Crippen LogP contribution in [0.5, 0.6) is 0 Å². The molecule has 0 radical (unpaired) electrons. The van der Waals surface area contributed by atoms with E-state index >= 15 is 0 Å². The van der Waals surface area contributed by atoms with Gasteiger partial charge in [0.25, 0.3) is 10.0 Å². The minimum Gasteiger partial charge on any atom is -0.478 e. The number of sulfonamides is 1. The maximum atomic E-state index is 12.1. The Hall–Kier alpha value is -2.61. The Labute approximate surface area is 121 Å². The molecule has 2 N–H and O–H groups in total. The Morgan fingerprint density at radius 3 is 2.81 bits per heavy atom. The average molecular weight is 307 g/mol. The molecule has 0 aliphatic carbocycles. The quantitative estimate of drug-likeness (QED) is 0.811. The van der Waals surface area contributed by atoms with Crippen molar-refractivity contribution in [1.82, 2.24) is 9.78 Å². The van der Waals surface area contributed by atoms with Gasteiger partial charge in [-0.15, -0.1) is 0 Å². The first-order valence-electron chi connectivity index (χ1n) is 5.89. The van der Waals surface area contributed by atoms with E-state index in [9.17, 15) is 13.2 Å². The lowest BCUT2D eigenvalue weighted by atomic mass is 10.2. The third-order valence-corrected chi connectivity index (χ3v) is 3.88. The molecule has 2 rings (SSSR count). The fourth-order valence-electron chi connectivity index (χ4n) is 1.62. The first-order chi connectivity index (χ1) is 9.87. The molecular weight excluding hydrogens is 294 g/mol. The topological polar surface area (TPSA) is 101 Å². The summed E-state index contributed by atoms with van der Waals surface area (Å²) in [6, 6.07) is 6.41. The third kappa shape index (κ3) is 3.93. The average Bonchev–Trinajstić information content (AvgIpc) is 2.84. The highest BCUT2D eigenvalue weighted by Crippen LogP contribution is 2.17. The van der Waals surface area contributed by atoms with Crippen LogP contribution >= 0.6 is 0 Å². The second-order valence-electron chi connectivity index (χ2n) is 4.25. The lowest BCUT2D eigenvalue weighted by Crippen LogP contribution is -2.12. The summed E-state index contributed by atoms with van der Waals surface area (Å²) in [4.78, 5) is 10.5. The molecule has 7 nitrogen and oxygen atoms in total. The summed E-state index contributed by atoms with van der Waals surface area (Å²) in [5, 5.41) is 12.4. The summed E-state index contributed by atoms with van der Waals surface area (Å²) in [6.07, 6.45) is 4.99. The Kier molecular flexibility index (Phi) is 4.08. The van der Waals surface area contributed by atoms with Gasteiger partial charge in [0.05, 0.1) is 6.20 Å². The summed E-state index contributed by atoms with van der Waals surface area (Å²) in [5.41, 5.74) is 0.912. The number of aromatic nitrogens is 2. The van der Waals surface area contributed by atoms with E-state index in [0.717, 1.165) is 6.08 Å². The summed E-state index contributed by atoms with van der Waals surface area (Å²) in [7, 11) is -2.09. The van der Waals surface area contributed by atoms with Crippen LogP contribution in [0.3, 0.4) is 0 Å². The molecule has 0 aliphatic heterocycles. The normalized spacial score (nSPS) is 11.7. The number of aliphatic carboxylic acids is 1. The first-order valence-corrected chi connectivity index (χ1v) is 7.38. The summed E-state index contributed by atoms with van der Waals surface area (Å²) >= 11 is 0. The fraction of sp³-hybridized carbons (Fsp3) is 0.0769. The molecular formula is C13H13N3O4S. The van der Waals surface area contributed by atoms with Crippen LogP contribution in [0.15, 0.2) is 47.6 Å². The molecule has 0 atom stereocenters. The van der Waals surface area contributed by atoms with E-state index in [2.05, 4.69) is 9.82 Å². The van der Waals surface area contributed by atoms with Crippen LogP contribution in [0.25, 0.3) is 6.08 Å². The second kappa shape index (κ2) is 5.80. The third-order valence-electron chi connectivity index (χ3n) is 2.55.